The molecular weight excluding hydrogens is 348 g/mol. The van der Waals surface area contributed by atoms with Crippen molar-refractivity contribution in [3.8, 4) is 0 Å². The van der Waals surface area contributed by atoms with Gasteiger partial charge in [0.05, 0.1) is 12.2 Å². The van der Waals surface area contributed by atoms with Crippen LogP contribution in [-0.4, -0.2) is 64.4 Å². The van der Waals surface area contributed by atoms with Crippen LogP contribution in [-0.2, 0) is 11.2 Å². The van der Waals surface area contributed by atoms with Crippen molar-refractivity contribution in [3.05, 3.63) is 41.3 Å². The second-order valence-electron chi connectivity index (χ2n) is 6.64. The highest BCUT2D eigenvalue weighted by Crippen LogP contribution is 2.19. The Bertz CT molecular complexity index is 709. The monoisotopic (exact) mass is 374 g/mol. The smallest absolute Gasteiger partial charge is 0.277 e. The summed E-state index contributed by atoms with van der Waals surface area (Å²) in [5.74, 6) is 1.07. The van der Waals surface area contributed by atoms with Crippen LogP contribution in [0.25, 0.3) is 0 Å². The molecule has 1 aromatic carbocycles. The first-order chi connectivity index (χ1) is 12.6. The predicted molar refractivity (Wildman–Crippen MR) is 102 cm³/mol. The number of benzene rings is 1. The van der Waals surface area contributed by atoms with Gasteiger partial charge in [-0.25, -0.2) is 0 Å². The van der Waals surface area contributed by atoms with E-state index >= 15 is 0 Å². The van der Waals surface area contributed by atoms with E-state index in [9.17, 15) is 4.79 Å². The summed E-state index contributed by atoms with van der Waals surface area (Å²) in [6, 6.07) is 8.27. The highest BCUT2D eigenvalue weighted by atomic mass is 32.2. The van der Waals surface area contributed by atoms with Crippen molar-refractivity contribution in [1.82, 2.24) is 20.0 Å². The molecule has 1 aliphatic rings. The fourth-order valence-electron chi connectivity index (χ4n) is 3.00. The maximum Gasteiger partial charge on any atom is 0.277 e. The highest BCUT2D eigenvalue weighted by Gasteiger charge is 2.21. The summed E-state index contributed by atoms with van der Waals surface area (Å²) >= 11 is 1.32. The molecule has 0 saturated carbocycles. The summed E-state index contributed by atoms with van der Waals surface area (Å²) in [4.78, 5) is 16.7. The molecule has 140 valence electrons. The number of thioether (sulfide) groups is 1. The van der Waals surface area contributed by atoms with Crippen LogP contribution in [0.5, 0.6) is 0 Å². The molecule has 0 unspecified atom stereocenters. The van der Waals surface area contributed by atoms with E-state index in [1.54, 1.807) is 0 Å². The van der Waals surface area contributed by atoms with Crippen LogP contribution in [0, 0.1) is 6.92 Å². The lowest BCUT2D eigenvalue weighted by atomic mass is 10.1. The largest absolute Gasteiger partial charge is 0.416 e. The third kappa shape index (κ3) is 5.32. The zero-order valence-corrected chi connectivity index (χ0v) is 16.3. The van der Waals surface area contributed by atoms with Crippen molar-refractivity contribution < 1.29 is 9.21 Å². The maximum absolute atomic E-state index is 12.4. The van der Waals surface area contributed by atoms with E-state index in [-0.39, 0.29) is 5.91 Å². The summed E-state index contributed by atoms with van der Waals surface area (Å²) in [5, 5.41) is 8.60. The first kappa shape index (κ1) is 18.9. The van der Waals surface area contributed by atoms with Gasteiger partial charge < -0.3 is 9.32 Å². The van der Waals surface area contributed by atoms with Crippen molar-refractivity contribution in [2.45, 2.75) is 31.9 Å². The number of piperazine rings is 1. The van der Waals surface area contributed by atoms with E-state index in [2.05, 4.69) is 53.2 Å². The number of aryl methyl sites for hydroxylation is 1. The molecule has 6 nitrogen and oxygen atoms in total. The molecule has 1 saturated heterocycles. The van der Waals surface area contributed by atoms with Gasteiger partial charge in [-0.05, 0) is 25.5 Å². The number of nitrogens with zero attached hydrogens (tertiary/aromatic N) is 4. The first-order valence-electron chi connectivity index (χ1n) is 9.15. The quantitative estimate of drug-likeness (QED) is 0.694. The van der Waals surface area contributed by atoms with Gasteiger partial charge in [-0.15, -0.1) is 10.2 Å². The number of amides is 1. The molecule has 3 rings (SSSR count). The van der Waals surface area contributed by atoms with Crippen molar-refractivity contribution >= 4 is 17.7 Å². The average molecular weight is 375 g/mol. The molecule has 2 aromatic rings. The SMILES string of the molecule is CCCN1CCN(C(=O)CSc2nnc(Cc3ccc(C)cc3)o2)CC1. The number of hydrogen-bond donors (Lipinski definition) is 0. The van der Waals surface area contributed by atoms with E-state index in [1.807, 2.05) is 4.90 Å². The van der Waals surface area contributed by atoms with Crippen LogP contribution in [0.2, 0.25) is 0 Å². The number of carbonyl (C=O) groups excluding carboxylic acids is 1. The van der Waals surface area contributed by atoms with Gasteiger partial charge in [0.15, 0.2) is 0 Å². The van der Waals surface area contributed by atoms with Crippen LogP contribution in [0.15, 0.2) is 33.9 Å². The molecular formula is C19H26N4O2S. The van der Waals surface area contributed by atoms with Gasteiger partial charge in [0.1, 0.15) is 0 Å². The van der Waals surface area contributed by atoms with Crippen LogP contribution in [0.3, 0.4) is 0 Å². The Morgan fingerprint density at radius 3 is 2.58 bits per heavy atom. The molecule has 0 aliphatic carbocycles. The Labute approximate surface area is 159 Å². The molecule has 0 spiro atoms. The highest BCUT2D eigenvalue weighted by molar-refractivity contribution is 7.99. The van der Waals surface area contributed by atoms with Crippen LogP contribution in [0.1, 0.15) is 30.4 Å². The topological polar surface area (TPSA) is 62.5 Å². The third-order valence-corrected chi connectivity index (χ3v) is 5.31. The van der Waals surface area contributed by atoms with Gasteiger partial charge >= 0.3 is 0 Å². The number of hydrogen-bond acceptors (Lipinski definition) is 6. The van der Waals surface area contributed by atoms with Gasteiger partial charge in [-0.1, -0.05) is 48.5 Å². The van der Waals surface area contributed by atoms with Crippen LogP contribution >= 0.6 is 11.8 Å². The molecule has 1 fully saturated rings. The summed E-state index contributed by atoms with van der Waals surface area (Å²) in [5.41, 5.74) is 2.36. The minimum atomic E-state index is 0.143. The van der Waals surface area contributed by atoms with Gasteiger partial charge in [-0.3, -0.25) is 9.69 Å². The zero-order valence-electron chi connectivity index (χ0n) is 15.5. The fourth-order valence-corrected chi connectivity index (χ4v) is 3.68. The summed E-state index contributed by atoms with van der Waals surface area (Å²) in [6.45, 7) is 8.90. The number of rotatable bonds is 7. The minimum Gasteiger partial charge on any atom is -0.416 e. The summed E-state index contributed by atoms with van der Waals surface area (Å²) in [7, 11) is 0. The molecule has 0 atom stereocenters. The molecule has 0 bridgehead atoms. The molecule has 1 aliphatic heterocycles. The van der Waals surface area contributed by atoms with Crippen LogP contribution in [0.4, 0.5) is 0 Å². The Balaban J connectivity index is 1.44. The van der Waals surface area contributed by atoms with Gasteiger partial charge in [0.25, 0.3) is 5.22 Å². The second-order valence-corrected chi connectivity index (χ2v) is 7.56. The molecule has 26 heavy (non-hydrogen) atoms. The van der Waals surface area contributed by atoms with Crippen molar-refractivity contribution in [2.24, 2.45) is 0 Å². The van der Waals surface area contributed by atoms with Crippen molar-refractivity contribution in [1.29, 1.82) is 0 Å². The molecule has 0 N–H and O–H groups in total. The Hall–Kier alpha value is -1.86. The molecule has 1 aromatic heterocycles. The van der Waals surface area contributed by atoms with Gasteiger partial charge in [0.2, 0.25) is 11.8 Å². The summed E-state index contributed by atoms with van der Waals surface area (Å²) < 4.78 is 5.67. The van der Waals surface area contributed by atoms with Crippen molar-refractivity contribution in [2.75, 3.05) is 38.5 Å². The lowest BCUT2D eigenvalue weighted by molar-refractivity contribution is -0.130. The van der Waals surface area contributed by atoms with E-state index in [1.165, 1.54) is 17.3 Å². The average Bonchev–Trinajstić information content (AvgIpc) is 3.10. The van der Waals surface area contributed by atoms with E-state index in [0.717, 1.165) is 44.7 Å². The van der Waals surface area contributed by atoms with E-state index in [4.69, 9.17) is 4.42 Å². The van der Waals surface area contributed by atoms with E-state index < -0.39 is 0 Å². The molecule has 7 heteroatoms. The standard InChI is InChI=1S/C19H26N4O2S/c1-3-8-22-9-11-23(12-10-22)18(24)14-26-19-21-20-17(25-19)13-16-6-4-15(2)5-7-16/h4-7H,3,8-14H2,1-2H3. The van der Waals surface area contributed by atoms with Gasteiger partial charge in [0, 0.05) is 26.2 Å². The predicted octanol–water partition coefficient (Wildman–Crippen LogP) is 2.62. The Kier molecular flexibility index (Phi) is 6.68. The van der Waals surface area contributed by atoms with Crippen LogP contribution < -0.4 is 0 Å². The second kappa shape index (κ2) is 9.19. The Morgan fingerprint density at radius 1 is 1.15 bits per heavy atom. The third-order valence-electron chi connectivity index (χ3n) is 4.51. The minimum absolute atomic E-state index is 0.143. The lowest BCUT2D eigenvalue weighted by Crippen LogP contribution is -2.49. The fraction of sp³-hybridized carbons (Fsp3) is 0.526. The van der Waals surface area contributed by atoms with E-state index in [0.29, 0.717) is 23.3 Å². The molecule has 1 amide bonds. The lowest BCUT2D eigenvalue weighted by Gasteiger charge is -2.34. The Morgan fingerprint density at radius 2 is 1.88 bits per heavy atom. The van der Waals surface area contributed by atoms with Gasteiger partial charge in [-0.2, -0.15) is 0 Å². The number of aromatic nitrogens is 2. The maximum atomic E-state index is 12.4. The number of carbonyl (C=O) groups is 1. The zero-order chi connectivity index (χ0) is 18.4. The molecule has 0 radical (unpaired) electrons. The normalized spacial score (nSPS) is 15.4. The summed E-state index contributed by atoms with van der Waals surface area (Å²) in [6.07, 6.45) is 1.77. The molecule has 2 heterocycles. The van der Waals surface area contributed by atoms with Crippen molar-refractivity contribution in [3.63, 3.8) is 0 Å². The first-order valence-corrected chi connectivity index (χ1v) is 10.1.